The number of piperazine rings is 1. The van der Waals surface area contributed by atoms with Crippen LogP contribution in [0.15, 0.2) is 48.9 Å². The summed E-state index contributed by atoms with van der Waals surface area (Å²) < 4.78 is 11.5. The molecule has 0 saturated carbocycles. The SMILES string of the molecule is c1cnc2c(OCCOc3cncc(N4CCNCC4)n3)cccc2c1. The molecule has 4 rings (SSSR count). The molecule has 2 aromatic heterocycles. The van der Waals surface area contributed by atoms with Crippen molar-refractivity contribution in [3.63, 3.8) is 0 Å². The number of ether oxygens (including phenoxy) is 2. The number of nitrogens with zero attached hydrogens (tertiary/aromatic N) is 4. The first-order valence-electron chi connectivity index (χ1n) is 8.77. The molecule has 1 saturated heterocycles. The summed E-state index contributed by atoms with van der Waals surface area (Å²) in [5.74, 6) is 2.12. The van der Waals surface area contributed by atoms with Gasteiger partial charge in [0, 0.05) is 37.8 Å². The van der Waals surface area contributed by atoms with Crippen molar-refractivity contribution in [1.29, 1.82) is 0 Å². The van der Waals surface area contributed by atoms with Crippen molar-refractivity contribution >= 4 is 16.7 Å². The molecule has 0 atom stereocenters. The molecule has 26 heavy (non-hydrogen) atoms. The van der Waals surface area contributed by atoms with Crippen molar-refractivity contribution in [2.24, 2.45) is 0 Å². The van der Waals surface area contributed by atoms with E-state index in [0.717, 1.165) is 48.6 Å². The number of para-hydroxylation sites is 1. The van der Waals surface area contributed by atoms with Crippen molar-refractivity contribution in [3.05, 3.63) is 48.9 Å². The van der Waals surface area contributed by atoms with Gasteiger partial charge in [0.05, 0.1) is 12.4 Å². The van der Waals surface area contributed by atoms with Crippen molar-refractivity contribution in [2.75, 3.05) is 44.3 Å². The van der Waals surface area contributed by atoms with Gasteiger partial charge in [0.15, 0.2) is 5.82 Å². The van der Waals surface area contributed by atoms with E-state index in [4.69, 9.17) is 9.47 Å². The van der Waals surface area contributed by atoms with Crippen LogP contribution in [0.2, 0.25) is 0 Å². The average molecular weight is 351 g/mol. The van der Waals surface area contributed by atoms with Crippen molar-refractivity contribution in [2.45, 2.75) is 0 Å². The fourth-order valence-electron chi connectivity index (χ4n) is 2.94. The second kappa shape index (κ2) is 7.97. The Morgan fingerprint density at radius 1 is 1.00 bits per heavy atom. The highest BCUT2D eigenvalue weighted by atomic mass is 16.5. The zero-order valence-corrected chi connectivity index (χ0v) is 14.5. The lowest BCUT2D eigenvalue weighted by atomic mass is 10.2. The van der Waals surface area contributed by atoms with Gasteiger partial charge >= 0.3 is 0 Å². The lowest BCUT2D eigenvalue weighted by Gasteiger charge is -2.28. The molecule has 1 aliphatic rings. The van der Waals surface area contributed by atoms with Gasteiger partial charge in [0.1, 0.15) is 24.5 Å². The zero-order valence-electron chi connectivity index (χ0n) is 14.5. The van der Waals surface area contributed by atoms with E-state index < -0.39 is 0 Å². The lowest BCUT2D eigenvalue weighted by molar-refractivity contribution is 0.212. The Bertz CT molecular complexity index is 862. The molecule has 1 fully saturated rings. The molecule has 7 nitrogen and oxygen atoms in total. The molecule has 3 aromatic rings. The van der Waals surface area contributed by atoms with E-state index in [2.05, 4.69) is 25.2 Å². The van der Waals surface area contributed by atoms with E-state index in [0.29, 0.717) is 19.1 Å². The molecule has 0 bridgehead atoms. The topological polar surface area (TPSA) is 72.4 Å². The minimum Gasteiger partial charge on any atom is -0.488 e. The van der Waals surface area contributed by atoms with Gasteiger partial charge < -0.3 is 19.7 Å². The van der Waals surface area contributed by atoms with E-state index in [1.54, 1.807) is 18.6 Å². The Labute approximate surface area is 152 Å². The molecule has 3 heterocycles. The number of fused-ring (bicyclic) bond motifs is 1. The average Bonchev–Trinajstić information content (AvgIpc) is 2.72. The number of rotatable bonds is 6. The summed E-state index contributed by atoms with van der Waals surface area (Å²) in [5.41, 5.74) is 0.857. The Balaban J connectivity index is 1.33. The van der Waals surface area contributed by atoms with E-state index in [9.17, 15) is 0 Å². The maximum absolute atomic E-state index is 5.83. The van der Waals surface area contributed by atoms with Crippen LogP contribution in [0.4, 0.5) is 5.82 Å². The van der Waals surface area contributed by atoms with Crippen LogP contribution < -0.4 is 19.7 Å². The normalized spacial score (nSPS) is 14.4. The molecule has 1 aliphatic heterocycles. The second-order valence-electron chi connectivity index (χ2n) is 5.98. The van der Waals surface area contributed by atoms with Gasteiger partial charge in [0.2, 0.25) is 5.88 Å². The monoisotopic (exact) mass is 351 g/mol. The number of anilines is 1. The van der Waals surface area contributed by atoms with Crippen LogP contribution in [0.3, 0.4) is 0 Å². The summed E-state index contributed by atoms with van der Waals surface area (Å²) in [6.45, 7) is 4.57. The van der Waals surface area contributed by atoms with Crippen LogP contribution in [0.5, 0.6) is 11.6 Å². The Kier molecular flexibility index (Phi) is 5.07. The first-order valence-corrected chi connectivity index (χ1v) is 8.77. The lowest BCUT2D eigenvalue weighted by Crippen LogP contribution is -2.43. The number of pyridine rings is 1. The van der Waals surface area contributed by atoms with Gasteiger partial charge in [-0.25, -0.2) is 0 Å². The third kappa shape index (κ3) is 3.83. The van der Waals surface area contributed by atoms with E-state index in [1.165, 1.54) is 0 Å². The highest BCUT2D eigenvalue weighted by molar-refractivity contribution is 5.84. The molecule has 0 radical (unpaired) electrons. The van der Waals surface area contributed by atoms with Gasteiger partial charge in [-0.2, -0.15) is 4.98 Å². The van der Waals surface area contributed by atoms with Crippen LogP contribution in [-0.4, -0.2) is 54.3 Å². The third-order valence-corrected chi connectivity index (χ3v) is 4.23. The van der Waals surface area contributed by atoms with E-state index >= 15 is 0 Å². The molecule has 7 heteroatoms. The number of aromatic nitrogens is 3. The van der Waals surface area contributed by atoms with Crippen LogP contribution in [-0.2, 0) is 0 Å². The smallest absolute Gasteiger partial charge is 0.234 e. The third-order valence-electron chi connectivity index (χ3n) is 4.23. The van der Waals surface area contributed by atoms with Crippen molar-refractivity contribution < 1.29 is 9.47 Å². The summed E-state index contributed by atoms with van der Waals surface area (Å²) in [7, 11) is 0. The van der Waals surface area contributed by atoms with Gasteiger partial charge in [-0.05, 0) is 12.1 Å². The zero-order chi connectivity index (χ0) is 17.6. The van der Waals surface area contributed by atoms with Gasteiger partial charge in [-0.1, -0.05) is 18.2 Å². The fourth-order valence-corrected chi connectivity index (χ4v) is 2.94. The quantitative estimate of drug-likeness (QED) is 0.680. The molecule has 0 spiro atoms. The Morgan fingerprint density at radius 3 is 2.77 bits per heavy atom. The number of hydrogen-bond acceptors (Lipinski definition) is 7. The molecular weight excluding hydrogens is 330 g/mol. The van der Waals surface area contributed by atoms with Gasteiger partial charge in [0.25, 0.3) is 0 Å². The number of benzene rings is 1. The Morgan fingerprint density at radius 2 is 1.85 bits per heavy atom. The van der Waals surface area contributed by atoms with Crippen LogP contribution in [0.1, 0.15) is 0 Å². The Hall–Kier alpha value is -2.93. The predicted molar refractivity (Wildman–Crippen MR) is 99.8 cm³/mol. The minimum atomic E-state index is 0.392. The minimum absolute atomic E-state index is 0.392. The van der Waals surface area contributed by atoms with Crippen molar-refractivity contribution in [1.82, 2.24) is 20.3 Å². The first-order chi connectivity index (χ1) is 12.9. The first kappa shape index (κ1) is 16.5. The molecular formula is C19H21N5O2. The summed E-state index contributed by atoms with van der Waals surface area (Å²) >= 11 is 0. The molecule has 1 aromatic carbocycles. The molecule has 0 amide bonds. The molecule has 0 aliphatic carbocycles. The van der Waals surface area contributed by atoms with Gasteiger partial charge in [-0.15, -0.1) is 0 Å². The summed E-state index contributed by atoms with van der Waals surface area (Å²) in [6, 6.07) is 9.83. The maximum atomic E-state index is 5.83. The van der Waals surface area contributed by atoms with Gasteiger partial charge in [-0.3, -0.25) is 9.97 Å². The number of nitrogens with one attached hydrogen (secondary N) is 1. The van der Waals surface area contributed by atoms with Crippen LogP contribution >= 0.6 is 0 Å². The summed E-state index contributed by atoms with van der Waals surface area (Å²) in [5, 5.41) is 4.38. The number of hydrogen-bond donors (Lipinski definition) is 1. The maximum Gasteiger partial charge on any atom is 0.234 e. The molecule has 134 valence electrons. The largest absolute Gasteiger partial charge is 0.488 e. The highest BCUT2D eigenvalue weighted by Gasteiger charge is 2.12. The predicted octanol–water partition coefficient (Wildman–Crippen LogP) is 1.89. The molecule has 1 N–H and O–H groups in total. The summed E-state index contributed by atoms with van der Waals surface area (Å²) in [4.78, 5) is 15.4. The summed E-state index contributed by atoms with van der Waals surface area (Å²) in [6.07, 6.45) is 5.17. The highest BCUT2D eigenvalue weighted by Crippen LogP contribution is 2.22. The van der Waals surface area contributed by atoms with Crippen molar-refractivity contribution in [3.8, 4) is 11.6 Å². The van der Waals surface area contributed by atoms with Crippen LogP contribution in [0.25, 0.3) is 10.9 Å². The fraction of sp³-hybridized carbons (Fsp3) is 0.316. The second-order valence-corrected chi connectivity index (χ2v) is 5.98. The van der Waals surface area contributed by atoms with E-state index in [1.807, 2.05) is 30.3 Å². The standard InChI is InChI=1S/C19H21N5O2/c1-3-15-4-2-6-22-19(15)16(5-1)25-11-12-26-18-14-21-13-17(23-18)24-9-7-20-8-10-24/h1-6,13-14,20H,7-12H2. The van der Waals surface area contributed by atoms with E-state index in [-0.39, 0.29) is 0 Å². The van der Waals surface area contributed by atoms with Crippen LogP contribution in [0, 0.1) is 0 Å². The molecule has 0 unspecified atom stereocenters.